The number of hydrogen-bond acceptors (Lipinski definition) is 6. The van der Waals surface area contributed by atoms with Crippen LogP contribution in [0.4, 0.5) is 0 Å². The van der Waals surface area contributed by atoms with Gasteiger partial charge in [-0.2, -0.15) is 0 Å². The van der Waals surface area contributed by atoms with E-state index in [1.807, 2.05) is 18.2 Å². The van der Waals surface area contributed by atoms with Crippen LogP contribution in [0, 0.1) is 0 Å². The van der Waals surface area contributed by atoms with Crippen molar-refractivity contribution in [3.63, 3.8) is 0 Å². The Labute approximate surface area is 170 Å². The summed E-state index contributed by atoms with van der Waals surface area (Å²) in [6, 6.07) is 5.26. The molecule has 3 aliphatic heterocycles. The molecule has 8 nitrogen and oxygen atoms in total. The number of rotatable bonds is 6. The number of amides is 3. The van der Waals surface area contributed by atoms with Crippen LogP contribution in [0.3, 0.4) is 0 Å². The molecule has 1 aromatic rings. The summed E-state index contributed by atoms with van der Waals surface area (Å²) >= 11 is 0. The molecular formula is C21H28N4O4. The van der Waals surface area contributed by atoms with Gasteiger partial charge in [-0.1, -0.05) is 12.1 Å². The van der Waals surface area contributed by atoms with Gasteiger partial charge in [-0.05, 0) is 49.5 Å². The lowest BCUT2D eigenvalue weighted by molar-refractivity contribution is -0.136. The second kappa shape index (κ2) is 8.22. The van der Waals surface area contributed by atoms with Gasteiger partial charge in [0.25, 0.3) is 5.91 Å². The first-order valence-corrected chi connectivity index (χ1v) is 10.2. The summed E-state index contributed by atoms with van der Waals surface area (Å²) < 4.78 is 5.79. The number of carbonyl (C=O) groups is 3. The zero-order chi connectivity index (χ0) is 20.4. The minimum Gasteiger partial charge on any atom is -0.377 e. The number of methoxy groups -OCH3 is 1. The molecule has 29 heavy (non-hydrogen) atoms. The number of carbonyl (C=O) groups excluding carboxylic acids is 3. The Morgan fingerprint density at radius 2 is 2.03 bits per heavy atom. The normalized spacial score (nSPS) is 23.8. The lowest BCUT2D eigenvalue weighted by atomic mass is 9.92. The lowest BCUT2D eigenvalue weighted by Gasteiger charge is -2.36. The molecule has 156 valence electrons. The van der Waals surface area contributed by atoms with Crippen molar-refractivity contribution in [2.75, 3.05) is 26.7 Å². The topological polar surface area (TPSA) is 99.8 Å². The molecule has 3 N–H and O–H groups in total. The Hall–Kier alpha value is -2.29. The van der Waals surface area contributed by atoms with E-state index in [4.69, 9.17) is 4.74 Å². The average Bonchev–Trinajstić information content (AvgIpc) is 3.04. The number of benzene rings is 1. The largest absolute Gasteiger partial charge is 0.377 e. The van der Waals surface area contributed by atoms with Crippen LogP contribution in [-0.4, -0.2) is 61.0 Å². The highest BCUT2D eigenvalue weighted by Gasteiger charge is 2.39. The molecule has 1 aromatic carbocycles. The number of piperidine rings is 2. The predicted molar refractivity (Wildman–Crippen MR) is 106 cm³/mol. The maximum absolute atomic E-state index is 12.8. The van der Waals surface area contributed by atoms with Crippen molar-refractivity contribution in [3.8, 4) is 0 Å². The Morgan fingerprint density at radius 1 is 1.24 bits per heavy atom. The third-order valence-electron chi connectivity index (χ3n) is 6.31. The smallest absolute Gasteiger partial charge is 0.255 e. The number of ether oxygens (including phenoxy) is 1. The second-order valence-corrected chi connectivity index (χ2v) is 8.13. The van der Waals surface area contributed by atoms with Gasteiger partial charge in [0.15, 0.2) is 0 Å². The van der Waals surface area contributed by atoms with Crippen LogP contribution in [0.5, 0.6) is 0 Å². The van der Waals surface area contributed by atoms with Gasteiger partial charge >= 0.3 is 0 Å². The van der Waals surface area contributed by atoms with Crippen molar-refractivity contribution in [1.29, 1.82) is 0 Å². The molecule has 0 aliphatic carbocycles. The van der Waals surface area contributed by atoms with Crippen molar-refractivity contribution in [2.45, 2.75) is 50.4 Å². The highest BCUT2D eigenvalue weighted by molar-refractivity contribution is 6.05. The number of fused-ring (bicyclic) bond motifs is 1. The lowest BCUT2D eigenvalue weighted by Crippen LogP contribution is -2.52. The van der Waals surface area contributed by atoms with E-state index in [2.05, 4.69) is 16.0 Å². The molecule has 0 aromatic heterocycles. The highest BCUT2D eigenvalue weighted by atomic mass is 16.5. The molecule has 2 fully saturated rings. The molecule has 3 aliphatic rings. The summed E-state index contributed by atoms with van der Waals surface area (Å²) in [5.41, 5.74) is 2.55. The molecule has 0 saturated carbocycles. The molecule has 8 heteroatoms. The minimum atomic E-state index is -0.573. The van der Waals surface area contributed by atoms with Crippen LogP contribution in [-0.2, 0) is 27.4 Å². The first kappa shape index (κ1) is 20.0. The van der Waals surface area contributed by atoms with E-state index in [1.165, 1.54) is 0 Å². The molecule has 0 bridgehead atoms. The second-order valence-electron chi connectivity index (χ2n) is 8.13. The van der Waals surface area contributed by atoms with E-state index in [-0.39, 0.29) is 29.7 Å². The quantitative estimate of drug-likeness (QED) is 0.594. The average molecular weight is 400 g/mol. The van der Waals surface area contributed by atoms with Gasteiger partial charge in [0.05, 0.1) is 5.60 Å². The summed E-state index contributed by atoms with van der Waals surface area (Å²) in [5, 5.41) is 9.19. The van der Waals surface area contributed by atoms with Crippen molar-refractivity contribution in [1.82, 2.24) is 20.9 Å². The molecule has 0 spiro atoms. The monoisotopic (exact) mass is 400 g/mol. The molecule has 3 heterocycles. The first-order valence-electron chi connectivity index (χ1n) is 10.2. The fraction of sp³-hybridized carbons (Fsp3) is 0.571. The van der Waals surface area contributed by atoms with Gasteiger partial charge in [0.2, 0.25) is 11.8 Å². The van der Waals surface area contributed by atoms with Crippen LogP contribution in [0.25, 0.3) is 0 Å². The SMILES string of the molecule is COC1(CNCc2ccc3c(c2)CN(C2CCC(=O)NC2=O)C3=O)CCNCC1. The summed E-state index contributed by atoms with van der Waals surface area (Å²) in [6.45, 7) is 3.81. The van der Waals surface area contributed by atoms with Crippen molar-refractivity contribution < 1.29 is 19.1 Å². The van der Waals surface area contributed by atoms with E-state index in [0.29, 0.717) is 25.1 Å². The maximum Gasteiger partial charge on any atom is 0.255 e. The first-order chi connectivity index (χ1) is 14.0. The Morgan fingerprint density at radius 3 is 2.76 bits per heavy atom. The number of imide groups is 1. The zero-order valence-corrected chi connectivity index (χ0v) is 16.8. The van der Waals surface area contributed by atoms with Gasteiger partial charge in [-0.3, -0.25) is 19.7 Å². The summed E-state index contributed by atoms with van der Waals surface area (Å²) in [5.74, 6) is -0.787. The number of hydrogen-bond donors (Lipinski definition) is 3. The Kier molecular flexibility index (Phi) is 5.67. The van der Waals surface area contributed by atoms with Gasteiger partial charge in [0, 0.05) is 38.7 Å². The molecule has 1 unspecified atom stereocenters. The molecule has 0 radical (unpaired) electrons. The van der Waals surface area contributed by atoms with Crippen molar-refractivity contribution >= 4 is 17.7 Å². The van der Waals surface area contributed by atoms with E-state index < -0.39 is 6.04 Å². The fourth-order valence-electron chi connectivity index (χ4n) is 4.51. The molecule has 2 saturated heterocycles. The summed E-state index contributed by atoms with van der Waals surface area (Å²) in [6.07, 6.45) is 2.61. The highest BCUT2D eigenvalue weighted by Crippen LogP contribution is 2.28. The predicted octanol–water partition coefficient (Wildman–Crippen LogP) is 0.306. The fourth-order valence-corrected chi connectivity index (χ4v) is 4.51. The van der Waals surface area contributed by atoms with E-state index >= 15 is 0 Å². The Balaban J connectivity index is 1.38. The van der Waals surface area contributed by atoms with E-state index in [9.17, 15) is 14.4 Å². The third kappa shape index (κ3) is 4.05. The van der Waals surface area contributed by atoms with Crippen molar-refractivity contribution in [2.24, 2.45) is 0 Å². The third-order valence-corrected chi connectivity index (χ3v) is 6.31. The van der Waals surface area contributed by atoms with Crippen LogP contribution < -0.4 is 16.0 Å². The summed E-state index contributed by atoms with van der Waals surface area (Å²) in [7, 11) is 1.78. The summed E-state index contributed by atoms with van der Waals surface area (Å²) in [4.78, 5) is 37.9. The van der Waals surface area contributed by atoms with Crippen LogP contribution in [0.1, 0.15) is 47.2 Å². The molecule has 3 amide bonds. The van der Waals surface area contributed by atoms with Crippen molar-refractivity contribution in [3.05, 3.63) is 34.9 Å². The number of nitrogens with one attached hydrogen (secondary N) is 3. The standard InChI is InChI=1S/C21H28N4O4/c1-29-21(6-8-22-9-7-21)13-23-11-14-2-3-16-15(10-14)12-25(20(16)28)17-4-5-18(26)24-19(17)27/h2-3,10,17,22-23H,4-9,11-13H2,1H3,(H,24,26,27). The maximum atomic E-state index is 12.8. The molecule has 1 atom stereocenters. The molecule has 4 rings (SSSR count). The van der Waals surface area contributed by atoms with E-state index in [1.54, 1.807) is 12.0 Å². The van der Waals surface area contributed by atoms with Gasteiger partial charge in [0.1, 0.15) is 6.04 Å². The van der Waals surface area contributed by atoms with Crippen LogP contribution in [0.2, 0.25) is 0 Å². The minimum absolute atomic E-state index is 0.124. The van der Waals surface area contributed by atoms with Gasteiger partial charge < -0.3 is 20.3 Å². The van der Waals surface area contributed by atoms with Gasteiger partial charge in [-0.15, -0.1) is 0 Å². The van der Waals surface area contributed by atoms with Gasteiger partial charge in [-0.25, -0.2) is 0 Å². The van der Waals surface area contributed by atoms with E-state index in [0.717, 1.165) is 43.6 Å². The zero-order valence-electron chi connectivity index (χ0n) is 16.8. The van der Waals surface area contributed by atoms with Crippen LogP contribution in [0.15, 0.2) is 18.2 Å². The molecular weight excluding hydrogens is 372 g/mol. The Bertz CT molecular complexity index is 819. The number of nitrogens with zero attached hydrogens (tertiary/aromatic N) is 1. The van der Waals surface area contributed by atoms with Crippen LogP contribution >= 0.6 is 0 Å².